The first-order valence-electron chi connectivity index (χ1n) is 21.8. The zero-order valence-corrected chi connectivity index (χ0v) is 32.7. The van der Waals surface area contributed by atoms with Gasteiger partial charge in [0.1, 0.15) is 6.17 Å². The molecule has 0 spiro atoms. The van der Waals surface area contributed by atoms with E-state index in [1.54, 1.807) is 33.5 Å². The van der Waals surface area contributed by atoms with Crippen molar-refractivity contribution in [2.24, 2.45) is 22.7 Å². The van der Waals surface area contributed by atoms with Crippen LogP contribution in [0.3, 0.4) is 0 Å². The average molecular weight is 722 g/mol. The third kappa shape index (κ3) is 5.79. The minimum absolute atomic E-state index is 0.0871. The molecule has 0 fully saturated rings. The Bertz CT molecular complexity index is 2320. The molecule has 3 heteroatoms. The van der Waals surface area contributed by atoms with Gasteiger partial charge < -0.3 is 9.88 Å². The SMILES string of the molecule is CC1=C2CC=C(C3=CC=CCC3)C=C2C2=C1C=CC(C1CCc3c(c4c(n3C3=CCC(C5N=C(C6=CCCCC6)C6=CCCC=C6N5)C=C3)C=CCC4)C1)C2. The summed E-state index contributed by atoms with van der Waals surface area (Å²) in [5.41, 5.74) is 23.9. The number of hydrogen-bond acceptors (Lipinski definition) is 2. The maximum absolute atomic E-state index is 5.47. The van der Waals surface area contributed by atoms with E-state index in [0.29, 0.717) is 17.8 Å². The van der Waals surface area contributed by atoms with Gasteiger partial charge >= 0.3 is 0 Å². The molecule has 1 aromatic rings. The highest BCUT2D eigenvalue weighted by atomic mass is 15.1. The summed E-state index contributed by atoms with van der Waals surface area (Å²) in [4.78, 5) is 5.47. The maximum Gasteiger partial charge on any atom is 0.126 e. The van der Waals surface area contributed by atoms with Crippen molar-refractivity contribution in [2.45, 2.75) is 116 Å². The van der Waals surface area contributed by atoms with E-state index >= 15 is 0 Å². The number of aromatic nitrogens is 1. The van der Waals surface area contributed by atoms with Crippen LogP contribution in [-0.2, 0) is 19.3 Å². The Hall–Kier alpha value is -4.63. The molecule has 0 saturated carbocycles. The molecular weight excluding hydrogens is 667 g/mol. The second-order valence-electron chi connectivity index (χ2n) is 17.6. The van der Waals surface area contributed by atoms with Crippen LogP contribution in [0.1, 0.15) is 113 Å². The van der Waals surface area contributed by atoms with Crippen molar-refractivity contribution < 1.29 is 0 Å². The molecule has 3 nitrogen and oxygen atoms in total. The van der Waals surface area contributed by atoms with Gasteiger partial charge in [0.25, 0.3) is 0 Å². The van der Waals surface area contributed by atoms with E-state index in [2.05, 4.69) is 108 Å². The summed E-state index contributed by atoms with van der Waals surface area (Å²) in [7, 11) is 0. The normalized spacial score (nSPS) is 29.3. The van der Waals surface area contributed by atoms with Gasteiger partial charge in [-0.3, -0.25) is 4.99 Å². The van der Waals surface area contributed by atoms with Crippen LogP contribution in [0.25, 0.3) is 11.8 Å². The Morgan fingerprint density at radius 3 is 2.55 bits per heavy atom. The van der Waals surface area contributed by atoms with Crippen molar-refractivity contribution in [1.82, 2.24) is 9.88 Å². The van der Waals surface area contributed by atoms with Gasteiger partial charge in [-0.25, -0.2) is 0 Å². The van der Waals surface area contributed by atoms with Crippen LogP contribution in [0.2, 0.25) is 0 Å². The highest BCUT2D eigenvalue weighted by Gasteiger charge is 2.37. The van der Waals surface area contributed by atoms with Crippen LogP contribution < -0.4 is 5.32 Å². The molecule has 9 aliphatic carbocycles. The predicted molar refractivity (Wildman–Crippen MR) is 229 cm³/mol. The Morgan fingerprint density at radius 2 is 1.67 bits per heavy atom. The molecule has 55 heavy (non-hydrogen) atoms. The Labute approximate surface area is 328 Å². The molecule has 0 aromatic carbocycles. The molecule has 10 aliphatic rings. The van der Waals surface area contributed by atoms with Gasteiger partial charge in [0, 0.05) is 34.3 Å². The van der Waals surface area contributed by atoms with E-state index in [1.807, 2.05) is 0 Å². The lowest BCUT2D eigenvalue weighted by atomic mass is 9.72. The molecule has 1 aromatic heterocycles. The van der Waals surface area contributed by atoms with Crippen molar-refractivity contribution in [3.63, 3.8) is 0 Å². The summed E-state index contributed by atoms with van der Waals surface area (Å²) in [6.45, 7) is 2.37. The molecule has 0 saturated heterocycles. The van der Waals surface area contributed by atoms with Crippen LogP contribution in [0.4, 0.5) is 0 Å². The molecular formula is C52H55N3. The summed E-state index contributed by atoms with van der Waals surface area (Å²) in [5, 5.41) is 3.89. The Kier molecular flexibility index (Phi) is 8.47. The smallest absolute Gasteiger partial charge is 0.126 e. The topological polar surface area (TPSA) is 29.3 Å². The number of nitrogens with zero attached hydrogens (tertiary/aromatic N) is 2. The van der Waals surface area contributed by atoms with Crippen LogP contribution in [0, 0.1) is 17.8 Å². The highest BCUT2D eigenvalue weighted by molar-refractivity contribution is 6.15. The fourth-order valence-corrected chi connectivity index (χ4v) is 11.6. The molecule has 1 N–H and O–H groups in total. The Morgan fingerprint density at radius 1 is 0.745 bits per heavy atom. The zero-order chi connectivity index (χ0) is 36.5. The van der Waals surface area contributed by atoms with E-state index < -0.39 is 0 Å². The summed E-state index contributed by atoms with van der Waals surface area (Å²) in [6, 6.07) is 0. The minimum Gasteiger partial charge on any atom is -0.363 e. The molecule has 1 aliphatic heterocycles. The first-order chi connectivity index (χ1) is 27.2. The number of rotatable bonds is 5. The van der Waals surface area contributed by atoms with Crippen LogP contribution in [-0.4, -0.2) is 16.4 Å². The van der Waals surface area contributed by atoms with Gasteiger partial charge in [-0.2, -0.15) is 0 Å². The summed E-state index contributed by atoms with van der Waals surface area (Å²) >= 11 is 0. The molecule has 278 valence electrons. The molecule has 0 bridgehead atoms. The minimum atomic E-state index is 0.0871. The number of hydrogen-bond donors (Lipinski definition) is 1. The third-order valence-electron chi connectivity index (χ3n) is 14.5. The van der Waals surface area contributed by atoms with E-state index in [-0.39, 0.29) is 6.17 Å². The van der Waals surface area contributed by atoms with E-state index in [0.717, 1.165) is 44.9 Å². The third-order valence-corrected chi connectivity index (χ3v) is 14.5. The van der Waals surface area contributed by atoms with Crippen molar-refractivity contribution in [3.05, 3.63) is 163 Å². The van der Waals surface area contributed by atoms with E-state index in [1.165, 1.54) is 114 Å². The highest BCUT2D eigenvalue weighted by Crippen LogP contribution is 2.50. The van der Waals surface area contributed by atoms with E-state index in [4.69, 9.17) is 4.99 Å². The van der Waals surface area contributed by atoms with Crippen molar-refractivity contribution in [1.29, 1.82) is 0 Å². The number of fused-ring (bicyclic) bond motifs is 6. The lowest BCUT2D eigenvalue weighted by Gasteiger charge is -2.35. The van der Waals surface area contributed by atoms with Crippen molar-refractivity contribution in [3.8, 4) is 0 Å². The summed E-state index contributed by atoms with van der Waals surface area (Å²) in [5.74, 6) is 1.64. The fourth-order valence-electron chi connectivity index (χ4n) is 11.6. The van der Waals surface area contributed by atoms with Gasteiger partial charge in [-0.1, -0.05) is 72.9 Å². The van der Waals surface area contributed by atoms with Gasteiger partial charge in [0.2, 0.25) is 0 Å². The molecule has 4 unspecified atom stereocenters. The molecule has 2 heterocycles. The molecule has 4 atom stereocenters. The van der Waals surface area contributed by atoms with Gasteiger partial charge in [0.15, 0.2) is 0 Å². The maximum atomic E-state index is 5.47. The van der Waals surface area contributed by atoms with Crippen LogP contribution in [0.15, 0.2) is 146 Å². The summed E-state index contributed by atoms with van der Waals surface area (Å²) in [6.07, 6.45) is 55.5. The second-order valence-corrected chi connectivity index (χ2v) is 17.6. The lowest BCUT2D eigenvalue weighted by molar-refractivity contribution is 0.344. The Balaban J connectivity index is 0.842. The van der Waals surface area contributed by atoms with Crippen molar-refractivity contribution in [2.75, 3.05) is 0 Å². The predicted octanol–water partition coefficient (Wildman–Crippen LogP) is 12.2. The monoisotopic (exact) mass is 721 g/mol. The quantitative estimate of drug-likeness (QED) is 0.322. The van der Waals surface area contributed by atoms with Gasteiger partial charge in [0.05, 0.1) is 5.71 Å². The lowest BCUT2D eigenvalue weighted by Crippen LogP contribution is -2.41. The molecule has 0 amide bonds. The molecule has 11 rings (SSSR count). The van der Waals surface area contributed by atoms with Crippen LogP contribution >= 0.6 is 0 Å². The zero-order valence-electron chi connectivity index (χ0n) is 32.7. The second kappa shape index (κ2) is 13.8. The first-order valence-corrected chi connectivity index (χ1v) is 21.8. The first kappa shape index (κ1) is 33.7. The van der Waals surface area contributed by atoms with Gasteiger partial charge in [-0.05, 0) is 195 Å². The number of aliphatic imine (C=N–C) groups is 1. The number of nitrogens with one attached hydrogen (secondary N) is 1. The van der Waals surface area contributed by atoms with Crippen LogP contribution in [0.5, 0.6) is 0 Å². The largest absolute Gasteiger partial charge is 0.363 e. The standard InChI is InChI=1S/C52H55N3/c1-33-41-27-22-37(34-12-4-2-5-13-34)30-45(41)46-31-38(23-28-42(33)46)39-24-29-50-47(32-39)43-16-9-11-19-49(43)55(50)40-25-20-36(21-26-40)52-53-48-18-10-8-17-44(48)51(54-52)35-14-6-3-7-15-35/h2,4,11-12,14,17-20,22-23,25-26,28,30,36,38-39,52-53H,3,5-10,13,15-16,21,24,27,29,31-32H2,1H3. The van der Waals surface area contributed by atoms with Gasteiger partial charge in [-0.15, -0.1) is 0 Å². The molecule has 0 radical (unpaired) electrons. The average Bonchev–Trinajstić information content (AvgIpc) is 3.74. The summed E-state index contributed by atoms with van der Waals surface area (Å²) < 4.78 is 2.67. The fraction of sp³-hybridized carbons (Fsp3) is 0.404. The van der Waals surface area contributed by atoms with Crippen molar-refractivity contribution >= 4 is 17.5 Å². The number of allylic oxidation sites excluding steroid dienone is 23. The van der Waals surface area contributed by atoms with E-state index in [9.17, 15) is 0 Å².